The quantitative estimate of drug-likeness (QED) is 0.788. The molecule has 0 atom stereocenters. The van der Waals surface area contributed by atoms with Gasteiger partial charge in [0.05, 0.1) is 10.5 Å². The molecular weight excluding hydrogens is 336 g/mol. The van der Waals surface area contributed by atoms with Gasteiger partial charge in [0.25, 0.3) is 0 Å². The van der Waals surface area contributed by atoms with Crippen LogP contribution in [0.4, 0.5) is 0 Å². The highest BCUT2D eigenvalue weighted by molar-refractivity contribution is 7.90. The van der Waals surface area contributed by atoms with Crippen LogP contribution in [0.2, 0.25) is 0 Å². The van der Waals surface area contributed by atoms with E-state index in [9.17, 15) is 13.2 Å². The zero-order valence-corrected chi connectivity index (χ0v) is 15.5. The van der Waals surface area contributed by atoms with Crippen LogP contribution < -0.4 is 0 Å². The molecule has 0 saturated carbocycles. The summed E-state index contributed by atoms with van der Waals surface area (Å²) in [7, 11) is -3.27. The van der Waals surface area contributed by atoms with Crippen molar-refractivity contribution in [3.8, 4) is 0 Å². The summed E-state index contributed by atoms with van der Waals surface area (Å²) in [6, 6.07) is 14.3. The molecule has 0 amide bonds. The Labute approximate surface area is 148 Å². The fourth-order valence-electron chi connectivity index (χ4n) is 3.16. The highest BCUT2D eigenvalue weighted by Crippen LogP contribution is 2.43. The van der Waals surface area contributed by atoms with Crippen molar-refractivity contribution in [3.63, 3.8) is 0 Å². The molecule has 0 unspecified atom stereocenters. The Morgan fingerprint density at radius 1 is 0.960 bits per heavy atom. The number of rotatable bonds is 3. The van der Waals surface area contributed by atoms with Gasteiger partial charge in [0.15, 0.2) is 9.84 Å². The van der Waals surface area contributed by atoms with E-state index in [1.165, 1.54) is 6.26 Å². The van der Waals surface area contributed by atoms with Crippen molar-refractivity contribution in [1.29, 1.82) is 0 Å². The normalized spacial score (nSPS) is 16.9. The van der Waals surface area contributed by atoms with Crippen molar-refractivity contribution in [2.45, 2.75) is 31.3 Å². The predicted molar refractivity (Wildman–Crippen MR) is 97.7 cm³/mol. The number of ether oxygens (including phenoxy) is 1. The fraction of sp³-hybridized carbons (Fsp3) is 0.250. The first-order chi connectivity index (χ1) is 11.6. The van der Waals surface area contributed by atoms with Crippen molar-refractivity contribution >= 4 is 27.0 Å². The van der Waals surface area contributed by atoms with Crippen LogP contribution in [0, 0.1) is 6.92 Å². The van der Waals surface area contributed by atoms with E-state index in [1.54, 1.807) is 24.3 Å². The lowest BCUT2D eigenvalue weighted by Crippen LogP contribution is -2.22. The minimum Gasteiger partial charge on any atom is -0.451 e. The second-order valence-corrected chi connectivity index (χ2v) is 8.83. The summed E-state index contributed by atoms with van der Waals surface area (Å²) in [5.74, 6) is -0.363. The second kappa shape index (κ2) is 5.85. The Morgan fingerprint density at radius 3 is 2.16 bits per heavy atom. The van der Waals surface area contributed by atoms with Gasteiger partial charge in [-0.05, 0) is 44.0 Å². The number of carbonyl (C=O) groups is 1. The van der Waals surface area contributed by atoms with Gasteiger partial charge < -0.3 is 4.74 Å². The van der Waals surface area contributed by atoms with Crippen molar-refractivity contribution < 1.29 is 17.9 Å². The summed E-state index contributed by atoms with van der Waals surface area (Å²) >= 11 is 0. The molecule has 0 fully saturated rings. The zero-order chi connectivity index (χ0) is 18.4. The zero-order valence-electron chi connectivity index (χ0n) is 14.7. The lowest BCUT2D eigenvalue weighted by atomic mass is 9.86. The van der Waals surface area contributed by atoms with Gasteiger partial charge in [-0.1, -0.05) is 42.0 Å². The number of cyclic esters (lactones) is 1. The molecule has 1 aliphatic rings. The first kappa shape index (κ1) is 17.4. The van der Waals surface area contributed by atoms with E-state index in [1.807, 2.05) is 45.0 Å². The number of carbonyl (C=O) groups excluding carboxylic acids is 1. The van der Waals surface area contributed by atoms with E-state index in [0.29, 0.717) is 5.57 Å². The number of sulfone groups is 1. The van der Waals surface area contributed by atoms with Crippen molar-refractivity contribution in [3.05, 3.63) is 65.2 Å². The first-order valence-corrected chi connectivity index (χ1v) is 9.84. The Hall–Kier alpha value is -2.40. The highest BCUT2D eigenvalue weighted by atomic mass is 32.2. The predicted octanol–water partition coefficient (Wildman–Crippen LogP) is 3.64. The molecule has 0 saturated heterocycles. The molecule has 25 heavy (non-hydrogen) atoms. The van der Waals surface area contributed by atoms with Crippen LogP contribution in [-0.2, 0) is 19.4 Å². The third-order valence-corrected chi connectivity index (χ3v) is 5.41. The van der Waals surface area contributed by atoms with Crippen LogP contribution >= 0.6 is 0 Å². The van der Waals surface area contributed by atoms with Gasteiger partial charge in [0.2, 0.25) is 0 Å². The Bertz CT molecular complexity index is 981. The molecule has 0 N–H and O–H groups in total. The van der Waals surface area contributed by atoms with Crippen molar-refractivity contribution in [1.82, 2.24) is 0 Å². The molecule has 0 bridgehead atoms. The maximum atomic E-state index is 12.5. The molecule has 2 aromatic carbocycles. The topological polar surface area (TPSA) is 60.4 Å². The molecule has 4 nitrogen and oxygen atoms in total. The SMILES string of the molecule is Cc1cccc(C2=C(c3ccc(S(C)(=O)=O)cc3)C(C)(C)OC2=O)c1. The number of hydrogen-bond donors (Lipinski definition) is 0. The molecule has 1 heterocycles. The third kappa shape index (κ3) is 3.24. The van der Waals surface area contributed by atoms with Crippen LogP contribution in [-0.4, -0.2) is 26.2 Å². The first-order valence-electron chi connectivity index (χ1n) is 7.95. The third-order valence-electron chi connectivity index (χ3n) is 4.28. The molecule has 0 spiro atoms. The Kier molecular flexibility index (Phi) is 4.07. The summed E-state index contributed by atoms with van der Waals surface area (Å²) in [6.45, 7) is 5.65. The number of hydrogen-bond acceptors (Lipinski definition) is 4. The average molecular weight is 356 g/mol. The van der Waals surface area contributed by atoms with Gasteiger partial charge in [0.1, 0.15) is 5.60 Å². The van der Waals surface area contributed by atoms with Gasteiger partial charge in [0, 0.05) is 11.8 Å². The van der Waals surface area contributed by atoms with Gasteiger partial charge in [-0.2, -0.15) is 0 Å². The van der Waals surface area contributed by atoms with Crippen molar-refractivity contribution in [2.75, 3.05) is 6.26 Å². The van der Waals surface area contributed by atoms with E-state index < -0.39 is 15.4 Å². The van der Waals surface area contributed by atoms with Crippen LogP contribution in [0.5, 0.6) is 0 Å². The molecule has 1 aliphatic heterocycles. The monoisotopic (exact) mass is 356 g/mol. The summed E-state index contributed by atoms with van der Waals surface area (Å²) < 4.78 is 28.9. The van der Waals surface area contributed by atoms with Gasteiger partial charge >= 0.3 is 5.97 Å². The van der Waals surface area contributed by atoms with E-state index in [-0.39, 0.29) is 10.9 Å². The summed E-state index contributed by atoms with van der Waals surface area (Å²) in [4.78, 5) is 12.8. The average Bonchev–Trinajstić information content (AvgIpc) is 2.75. The van der Waals surface area contributed by atoms with Crippen molar-refractivity contribution in [2.24, 2.45) is 0 Å². The lowest BCUT2D eigenvalue weighted by Gasteiger charge is -2.21. The standard InChI is InChI=1S/C20H20O4S/c1-13-6-5-7-15(12-13)17-18(20(2,3)24-19(17)21)14-8-10-16(11-9-14)25(4,22)23/h5-12H,1-4H3. The Balaban J connectivity index is 2.22. The maximum Gasteiger partial charge on any atom is 0.340 e. The molecule has 5 heteroatoms. The van der Waals surface area contributed by atoms with Crippen LogP contribution in [0.3, 0.4) is 0 Å². The number of aryl methyl sites for hydroxylation is 1. The van der Waals surface area contributed by atoms with Gasteiger partial charge in [-0.3, -0.25) is 0 Å². The number of benzene rings is 2. The summed E-state index contributed by atoms with van der Waals surface area (Å²) in [5, 5.41) is 0. The molecule has 2 aromatic rings. The summed E-state index contributed by atoms with van der Waals surface area (Å²) in [5.41, 5.74) is 3.14. The van der Waals surface area contributed by atoms with Crippen LogP contribution in [0.25, 0.3) is 11.1 Å². The summed E-state index contributed by atoms with van der Waals surface area (Å²) in [6.07, 6.45) is 1.17. The Morgan fingerprint density at radius 2 is 1.60 bits per heavy atom. The second-order valence-electron chi connectivity index (χ2n) is 6.82. The van der Waals surface area contributed by atoms with E-state index in [2.05, 4.69) is 0 Å². The van der Waals surface area contributed by atoms with E-state index >= 15 is 0 Å². The molecule has 130 valence electrons. The van der Waals surface area contributed by atoms with Gasteiger partial charge in [-0.25, -0.2) is 13.2 Å². The number of esters is 1. The smallest absolute Gasteiger partial charge is 0.340 e. The minimum atomic E-state index is -3.27. The molecule has 0 aromatic heterocycles. The molecule has 0 radical (unpaired) electrons. The van der Waals surface area contributed by atoms with Crippen LogP contribution in [0.15, 0.2) is 53.4 Å². The van der Waals surface area contributed by atoms with E-state index in [4.69, 9.17) is 4.74 Å². The molecule has 3 rings (SSSR count). The van der Waals surface area contributed by atoms with Crippen LogP contribution in [0.1, 0.15) is 30.5 Å². The minimum absolute atomic E-state index is 0.247. The largest absolute Gasteiger partial charge is 0.451 e. The lowest BCUT2D eigenvalue weighted by molar-refractivity contribution is -0.141. The van der Waals surface area contributed by atoms with Gasteiger partial charge in [-0.15, -0.1) is 0 Å². The molecular formula is C20H20O4S. The fourth-order valence-corrected chi connectivity index (χ4v) is 3.79. The molecule has 0 aliphatic carbocycles. The highest BCUT2D eigenvalue weighted by Gasteiger charge is 2.41. The maximum absolute atomic E-state index is 12.5. The van der Waals surface area contributed by atoms with E-state index in [0.717, 1.165) is 22.3 Å².